The minimum Gasteiger partial charge on any atom is -0.368 e. The number of amides is 1. The molecule has 2 rings (SSSR count). The van der Waals surface area contributed by atoms with E-state index in [4.69, 9.17) is 4.74 Å². The highest BCUT2D eigenvalue weighted by molar-refractivity contribution is 5.93. The molecule has 0 bridgehead atoms. The summed E-state index contributed by atoms with van der Waals surface area (Å²) in [4.78, 5) is 25.3. The van der Waals surface area contributed by atoms with E-state index in [1.54, 1.807) is 0 Å². The quantitative estimate of drug-likeness (QED) is 0.627. The fourth-order valence-electron chi connectivity index (χ4n) is 1.56. The van der Waals surface area contributed by atoms with Crippen molar-refractivity contribution in [1.82, 2.24) is 4.98 Å². The van der Waals surface area contributed by atoms with Crippen molar-refractivity contribution in [3.63, 3.8) is 0 Å². The molecule has 7 heteroatoms. The van der Waals surface area contributed by atoms with Crippen molar-refractivity contribution in [2.45, 2.75) is 18.9 Å². The molecule has 0 radical (unpaired) electrons. The van der Waals surface area contributed by atoms with Gasteiger partial charge >= 0.3 is 0 Å². The number of carbonyl (C=O) groups excluding carboxylic acids is 1. The number of anilines is 1. The minimum absolute atomic E-state index is 0.111. The van der Waals surface area contributed by atoms with Gasteiger partial charge in [0.25, 0.3) is 11.6 Å². The largest absolute Gasteiger partial charge is 0.368 e. The van der Waals surface area contributed by atoms with Crippen molar-refractivity contribution in [2.24, 2.45) is 0 Å². The van der Waals surface area contributed by atoms with Crippen molar-refractivity contribution in [3.8, 4) is 0 Å². The van der Waals surface area contributed by atoms with E-state index in [2.05, 4.69) is 10.3 Å². The number of nitrogens with zero attached hydrogens (tertiary/aromatic N) is 2. The van der Waals surface area contributed by atoms with E-state index >= 15 is 0 Å². The van der Waals surface area contributed by atoms with Gasteiger partial charge in [-0.2, -0.15) is 0 Å². The molecular weight excluding hydrogens is 226 g/mol. The summed E-state index contributed by atoms with van der Waals surface area (Å²) < 4.78 is 5.20. The topological polar surface area (TPSA) is 94.4 Å². The third-order valence-electron chi connectivity index (χ3n) is 2.43. The van der Waals surface area contributed by atoms with E-state index in [-0.39, 0.29) is 17.4 Å². The maximum Gasteiger partial charge on any atom is 0.287 e. The highest BCUT2D eigenvalue weighted by atomic mass is 16.6. The normalized spacial score (nSPS) is 18.9. The van der Waals surface area contributed by atoms with Gasteiger partial charge in [0.2, 0.25) is 0 Å². The van der Waals surface area contributed by atoms with Gasteiger partial charge in [0.15, 0.2) is 0 Å². The Bertz CT molecular complexity index is 426. The summed E-state index contributed by atoms with van der Waals surface area (Å²) in [7, 11) is 0. The van der Waals surface area contributed by atoms with Crippen LogP contribution < -0.4 is 5.32 Å². The lowest BCUT2D eigenvalue weighted by Gasteiger charge is -2.09. The molecule has 1 aliphatic heterocycles. The SMILES string of the molecule is O=C(Nc1ccc([N+](=O)[O-])cn1)[C@@H]1CCCO1. The number of hydrogen-bond acceptors (Lipinski definition) is 5. The summed E-state index contributed by atoms with van der Waals surface area (Å²) in [6.07, 6.45) is 2.22. The first-order chi connectivity index (χ1) is 8.16. The second kappa shape index (κ2) is 4.88. The second-order valence-corrected chi connectivity index (χ2v) is 3.65. The summed E-state index contributed by atoms with van der Waals surface area (Å²) in [6.45, 7) is 0.589. The summed E-state index contributed by atoms with van der Waals surface area (Å²) in [5.74, 6) is 0.0277. The van der Waals surface area contributed by atoms with Gasteiger partial charge in [-0.25, -0.2) is 4.98 Å². The zero-order chi connectivity index (χ0) is 12.3. The average Bonchev–Trinajstić information content (AvgIpc) is 2.83. The molecule has 7 nitrogen and oxygen atoms in total. The van der Waals surface area contributed by atoms with E-state index in [1.165, 1.54) is 12.1 Å². The van der Waals surface area contributed by atoms with E-state index < -0.39 is 11.0 Å². The fraction of sp³-hybridized carbons (Fsp3) is 0.400. The van der Waals surface area contributed by atoms with Gasteiger partial charge in [0, 0.05) is 12.7 Å². The molecule has 1 amide bonds. The molecule has 1 fully saturated rings. The lowest BCUT2D eigenvalue weighted by molar-refractivity contribution is -0.385. The number of nitro groups is 1. The average molecular weight is 237 g/mol. The van der Waals surface area contributed by atoms with Gasteiger partial charge in [-0.05, 0) is 18.9 Å². The van der Waals surface area contributed by atoms with E-state index in [1.807, 2.05) is 0 Å². The van der Waals surface area contributed by atoms with Crippen LogP contribution >= 0.6 is 0 Å². The number of ether oxygens (including phenoxy) is 1. The Morgan fingerprint density at radius 2 is 2.41 bits per heavy atom. The molecule has 0 unspecified atom stereocenters. The fourth-order valence-corrected chi connectivity index (χ4v) is 1.56. The maximum atomic E-state index is 11.6. The highest BCUT2D eigenvalue weighted by Crippen LogP contribution is 2.15. The van der Waals surface area contributed by atoms with Crippen LogP contribution in [0.15, 0.2) is 18.3 Å². The Kier molecular flexibility index (Phi) is 3.29. The zero-order valence-electron chi connectivity index (χ0n) is 8.96. The number of nitrogens with one attached hydrogen (secondary N) is 1. The summed E-state index contributed by atoms with van der Waals surface area (Å²) in [6, 6.07) is 2.68. The molecule has 0 spiro atoms. The number of hydrogen-bond donors (Lipinski definition) is 1. The highest BCUT2D eigenvalue weighted by Gasteiger charge is 2.23. The number of carbonyl (C=O) groups is 1. The molecule has 1 aliphatic rings. The predicted molar refractivity (Wildman–Crippen MR) is 58.5 cm³/mol. The van der Waals surface area contributed by atoms with Crippen LogP contribution in [0.3, 0.4) is 0 Å². The molecule has 0 saturated carbocycles. The Hall–Kier alpha value is -2.02. The van der Waals surface area contributed by atoms with Crippen LogP contribution in [-0.2, 0) is 9.53 Å². The molecule has 1 atom stereocenters. The van der Waals surface area contributed by atoms with E-state index in [0.29, 0.717) is 13.0 Å². The molecule has 1 aromatic heterocycles. The first kappa shape index (κ1) is 11.5. The van der Waals surface area contributed by atoms with Gasteiger partial charge in [-0.15, -0.1) is 0 Å². The van der Waals surface area contributed by atoms with Crippen LogP contribution in [0.4, 0.5) is 11.5 Å². The van der Waals surface area contributed by atoms with Crippen molar-refractivity contribution < 1.29 is 14.5 Å². The first-order valence-corrected chi connectivity index (χ1v) is 5.20. The minimum atomic E-state index is -0.543. The van der Waals surface area contributed by atoms with Crippen LogP contribution in [0.5, 0.6) is 0 Å². The van der Waals surface area contributed by atoms with Crippen LogP contribution in [0.1, 0.15) is 12.8 Å². The number of rotatable bonds is 3. The molecule has 0 aromatic carbocycles. The maximum absolute atomic E-state index is 11.6. The predicted octanol–water partition coefficient (Wildman–Crippen LogP) is 1.11. The number of aromatic nitrogens is 1. The summed E-state index contributed by atoms with van der Waals surface area (Å²) in [5, 5.41) is 13.0. The monoisotopic (exact) mass is 237 g/mol. The van der Waals surface area contributed by atoms with Crippen LogP contribution in [0.25, 0.3) is 0 Å². The second-order valence-electron chi connectivity index (χ2n) is 3.65. The van der Waals surface area contributed by atoms with Crippen molar-refractivity contribution >= 4 is 17.4 Å². The van der Waals surface area contributed by atoms with Gasteiger partial charge < -0.3 is 10.1 Å². The van der Waals surface area contributed by atoms with Crippen LogP contribution in [0, 0.1) is 10.1 Å². The molecule has 1 saturated heterocycles. The standard InChI is InChI=1S/C10H11N3O4/c14-10(8-2-1-5-17-8)12-9-4-3-7(6-11-9)13(15)16/h3-4,6,8H,1-2,5H2,(H,11,12,14)/t8-/m0/s1. The number of pyridine rings is 1. The first-order valence-electron chi connectivity index (χ1n) is 5.20. The molecule has 2 heterocycles. The van der Waals surface area contributed by atoms with Crippen molar-refractivity contribution in [2.75, 3.05) is 11.9 Å². The molecule has 1 N–H and O–H groups in total. The molecule has 17 heavy (non-hydrogen) atoms. The summed E-state index contributed by atoms with van der Waals surface area (Å²) in [5.41, 5.74) is -0.111. The Labute approximate surface area is 96.9 Å². The Morgan fingerprint density at radius 3 is 2.94 bits per heavy atom. The van der Waals surface area contributed by atoms with E-state index in [9.17, 15) is 14.9 Å². The van der Waals surface area contributed by atoms with Crippen LogP contribution in [-0.4, -0.2) is 28.5 Å². The van der Waals surface area contributed by atoms with Crippen molar-refractivity contribution in [1.29, 1.82) is 0 Å². The van der Waals surface area contributed by atoms with Gasteiger partial charge in [-0.3, -0.25) is 14.9 Å². The third kappa shape index (κ3) is 2.76. The smallest absolute Gasteiger partial charge is 0.287 e. The lowest BCUT2D eigenvalue weighted by Crippen LogP contribution is -2.27. The van der Waals surface area contributed by atoms with Crippen molar-refractivity contribution in [3.05, 3.63) is 28.4 Å². The van der Waals surface area contributed by atoms with Gasteiger partial charge in [0.1, 0.15) is 18.1 Å². The molecule has 0 aliphatic carbocycles. The van der Waals surface area contributed by atoms with Gasteiger partial charge in [-0.1, -0.05) is 0 Å². The summed E-state index contributed by atoms with van der Waals surface area (Å²) >= 11 is 0. The molecule has 1 aromatic rings. The molecule has 90 valence electrons. The van der Waals surface area contributed by atoms with Crippen LogP contribution in [0.2, 0.25) is 0 Å². The molecular formula is C10H11N3O4. The zero-order valence-corrected chi connectivity index (χ0v) is 8.96. The Balaban J connectivity index is 1.98. The van der Waals surface area contributed by atoms with E-state index in [0.717, 1.165) is 12.6 Å². The third-order valence-corrected chi connectivity index (χ3v) is 2.43. The lowest BCUT2D eigenvalue weighted by atomic mass is 10.2. The van der Waals surface area contributed by atoms with Gasteiger partial charge in [0.05, 0.1) is 4.92 Å². The Morgan fingerprint density at radius 1 is 1.59 bits per heavy atom.